The number of hydrogen-bond donors (Lipinski definition) is 1. The lowest BCUT2D eigenvalue weighted by Gasteiger charge is -2.08. The van der Waals surface area contributed by atoms with Gasteiger partial charge in [-0.3, -0.25) is 5.32 Å². The van der Waals surface area contributed by atoms with Crippen molar-refractivity contribution in [3.8, 4) is 5.75 Å². The van der Waals surface area contributed by atoms with Gasteiger partial charge in [0, 0.05) is 0 Å². The maximum absolute atomic E-state index is 11.6. The van der Waals surface area contributed by atoms with Crippen LogP contribution in [0.25, 0.3) is 0 Å². The van der Waals surface area contributed by atoms with Gasteiger partial charge in [-0.2, -0.15) is 0 Å². The van der Waals surface area contributed by atoms with Gasteiger partial charge in [0.05, 0.1) is 10.7 Å². The Balaban J connectivity index is 2.03. The van der Waals surface area contributed by atoms with Crippen molar-refractivity contribution in [1.29, 1.82) is 0 Å². The first-order valence-electron chi connectivity index (χ1n) is 5.45. The van der Waals surface area contributed by atoms with Crippen LogP contribution in [0.1, 0.15) is 5.56 Å². The molecule has 0 aliphatic carbocycles. The van der Waals surface area contributed by atoms with Crippen molar-refractivity contribution in [3.63, 3.8) is 0 Å². The average molecular weight is 262 g/mol. The van der Waals surface area contributed by atoms with E-state index in [1.807, 2.05) is 19.1 Å². The molecule has 2 rings (SSSR count). The summed E-state index contributed by atoms with van der Waals surface area (Å²) < 4.78 is 5.09. The third-order valence-corrected chi connectivity index (χ3v) is 2.63. The summed E-state index contributed by atoms with van der Waals surface area (Å²) in [7, 11) is 0. The fraction of sp³-hybridized carbons (Fsp3) is 0.0714. The third kappa shape index (κ3) is 3.25. The lowest BCUT2D eigenvalue weighted by Crippen LogP contribution is -2.16. The highest BCUT2D eigenvalue weighted by atomic mass is 35.5. The molecule has 0 bridgehead atoms. The summed E-state index contributed by atoms with van der Waals surface area (Å²) in [6, 6.07) is 14.2. The minimum Gasteiger partial charge on any atom is -0.410 e. The van der Waals surface area contributed by atoms with Crippen molar-refractivity contribution < 1.29 is 9.53 Å². The number of aryl methyl sites for hydroxylation is 1. The fourth-order valence-electron chi connectivity index (χ4n) is 1.45. The van der Waals surface area contributed by atoms with Gasteiger partial charge in [-0.05, 0) is 36.8 Å². The van der Waals surface area contributed by atoms with E-state index in [0.29, 0.717) is 16.5 Å². The molecule has 0 spiro atoms. The molecule has 0 unspecified atom stereocenters. The minimum absolute atomic E-state index is 0.484. The predicted octanol–water partition coefficient (Wildman–Crippen LogP) is 4.26. The number of hydrogen-bond acceptors (Lipinski definition) is 2. The molecular weight excluding hydrogens is 250 g/mol. The molecule has 0 atom stereocenters. The zero-order valence-electron chi connectivity index (χ0n) is 9.81. The number of anilines is 1. The summed E-state index contributed by atoms with van der Waals surface area (Å²) in [4.78, 5) is 11.6. The van der Waals surface area contributed by atoms with Crippen molar-refractivity contribution in [2.45, 2.75) is 6.92 Å². The molecule has 0 saturated heterocycles. The Hall–Kier alpha value is -2.00. The maximum atomic E-state index is 11.6. The Kier molecular flexibility index (Phi) is 3.85. The van der Waals surface area contributed by atoms with E-state index in [9.17, 15) is 4.79 Å². The second kappa shape index (κ2) is 5.56. The molecule has 1 N–H and O–H groups in total. The molecule has 0 saturated carbocycles. The number of amides is 1. The van der Waals surface area contributed by atoms with Crippen LogP contribution in [0.15, 0.2) is 48.5 Å². The summed E-state index contributed by atoms with van der Waals surface area (Å²) in [6.45, 7) is 1.93. The molecular formula is C14H12ClNO2. The standard InChI is InChI=1S/C14H12ClNO2/c1-10-7-8-13(12(15)9-10)16-14(17)18-11-5-3-2-4-6-11/h2-9H,1H3,(H,16,17). The number of para-hydroxylation sites is 1. The van der Waals surface area contributed by atoms with Crippen molar-refractivity contribution in [1.82, 2.24) is 0 Å². The first-order chi connectivity index (χ1) is 8.65. The molecule has 2 aromatic rings. The molecule has 0 radical (unpaired) electrons. The average Bonchev–Trinajstić information content (AvgIpc) is 2.34. The highest BCUT2D eigenvalue weighted by molar-refractivity contribution is 6.33. The van der Waals surface area contributed by atoms with Crippen LogP contribution in [0.4, 0.5) is 10.5 Å². The van der Waals surface area contributed by atoms with Crippen LogP contribution in [0.5, 0.6) is 5.75 Å². The molecule has 3 nitrogen and oxygen atoms in total. The van der Waals surface area contributed by atoms with Gasteiger partial charge in [0.15, 0.2) is 0 Å². The third-order valence-electron chi connectivity index (χ3n) is 2.32. The Morgan fingerprint density at radius 2 is 1.89 bits per heavy atom. The molecule has 4 heteroatoms. The van der Waals surface area contributed by atoms with E-state index >= 15 is 0 Å². The second-order valence-corrected chi connectivity index (χ2v) is 4.22. The van der Waals surface area contributed by atoms with Gasteiger partial charge in [0.2, 0.25) is 0 Å². The number of benzene rings is 2. The van der Waals surface area contributed by atoms with E-state index in [0.717, 1.165) is 5.56 Å². The van der Waals surface area contributed by atoms with Crippen LogP contribution >= 0.6 is 11.6 Å². The van der Waals surface area contributed by atoms with E-state index in [1.54, 1.807) is 36.4 Å². The van der Waals surface area contributed by atoms with E-state index in [4.69, 9.17) is 16.3 Å². The van der Waals surface area contributed by atoms with Gasteiger partial charge in [-0.15, -0.1) is 0 Å². The maximum Gasteiger partial charge on any atom is 0.417 e. The Morgan fingerprint density at radius 3 is 2.56 bits per heavy atom. The molecule has 0 fully saturated rings. The highest BCUT2D eigenvalue weighted by Crippen LogP contribution is 2.23. The molecule has 18 heavy (non-hydrogen) atoms. The summed E-state index contributed by atoms with van der Waals surface area (Å²) in [5.74, 6) is 0.484. The largest absolute Gasteiger partial charge is 0.417 e. The van der Waals surface area contributed by atoms with Gasteiger partial charge in [-0.1, -0.05) is 35.9 Å². The summed E-state index contributed by atoms with van der Waals surface area (Å²) in [5, 5.41) is 3.08. The summed E-state index contributed by atoms with van der Waals surface area (Å²) in [5.41, 5.74) is 1.56. The first kappa shape index (κ1) is 12.5. The van der Waals surface area contributed by atoms with Crippen LogP contribution < -0.4 is 10.1 Å². The Labute approximate surface area is 110 Å². The van der Waals surface area contributed by atoms with Gasteiger partial charge >= 0.3 is 6.09 Å². The fourth-order valence-corrected chi connectivity index (χ4v) is 1.73. The smallest absolute Gasteiger partial charge is 0.410 e. The van der Waals surface area contributed by atoms with E-state index in [1.165, 1.54) is 0 Å². The van der Waals surface area contributed by atoms with Gasteiger partial charge < -0.3 is 4.74 Å². The van der Waals surface area contributed by atoms with Crippen molar-refractivity contribution in [3.05, 3.63) is 59.1 Å². The topological polar surface area (TPSA) is 38.3 Å². The quantitative estimate of drug-likeness (QED) is 0.877. The molecule has 92 valence electrons. The SMILES string of the molecule is Cc1ccc(NC(=O)Oc2ccccc2)c(Cl)c1. The van der Waals surface area contributed by atoms with Crippen molar-refractivity contribution in [2.24, 2.45) is 0 Å². The van der Waals surface area contributed by atoms with Crippen LogP contribution in [0.2, 0.25) is 5.02 Å². The van der Waals surface area contributed by atoms with Gasteiger partial charge in [-0.25, -0.2) is 4.79 Å². The molecule has 2 aromatic carbocycles. The lowest BCUT2D eigenvalue weighted by atomic mass is 10.2. The van der Waals surface area contributed by atoms with Crippen LogP contribution in [-0.4, -0.2) is 6.09 Å². The zero-order chi connectivity index (χ0) is 13.0. The van der Waals surface area contributed by atoms with E-state index in [-0.39, 0.29) is 0 Å². The van der Waals surface area contributed by atoms with Crippen LogP contribution in [-0.2, 0) is 0 Å². The van der Waals surface area contributed by atoms with Crippen molar-refractivity contribution in [2.75, 3.05) is 5.32 Å². The lowest BCUT2D eigenvalue weighted by molar-refractivity contribution is 0.215. The first-order valence-corrected chi connectivity index (χ1v) is 5.83. The predicted molar refractivity (Wildman–Crippen MR) is 72.3 cm³/mol. The van der Waals surface area contributed by atoms with Gasteiger partial charge in [0.25, 0.3) is 0 Å². The molecule has 0 aliphatic rings. The minimum atomic E-state index is -0.563. The molecule has 0 heterocycles. The van der Waals surface area contributed by atoms with Crippen molar-refractivity contribution >= 4 is 23.4 Å². The van der Waals surface area contributed by atoms with E-state index in [2.05, 4.69) is 5.32 Å². The van der Waals surface area contributed by atoms with Crippen LogP contribution in [0, 0.1) is 6.92 Å². The summed E-state index contributed by atoms with van der Waals surface area (Å²) in [6.07, 6.45) is -0.563. The van der Waals surface area contributed by atoms with Crippen LogP contribution in [0.3, 0.4) is 0 Å². The van der Waals surface area contributed by atoms with Gasteiger partial charge in [0.1, 0.15) is 5.75 Å². The number of rotatable bonds is 2. The zero-order valence-corrected chi connectivity index (χ0v) is 10.6. The highest BCUT2D eigenvalue weighted by Gasteiger charge is 2.07. The number of carbonyl (C=O) groups excluding carboxylic acids is 1. The number of nitrogens with one attached hydrogen (secondary N) is 1. The Bertz CT molecular complexity index is 555. The Morgan fingerprint density at radius 1 is 1.17 bits per heavy atom. The molecule has 0 aliphatic heterocycles. The molecule has 0 aromatic heterocycles. The monoisotopic (exact) mass is 261 g/mol. The summed E-state index contributed by atoms with van der Waals surface area (Å²) >= 11 is 6.01. The normalized spacial score (nSPS) is 9.89. The molecule has 1 amide bonds. The number of ether oxygens (including phenoxy) is 1. The number of halogens is 1. The number of carbonyl (C=O) groups is 1. The van der Waals surface area contributed by atoms with E-state index < -0.39 is 6.09 Å². The second-order valence-electron chi connectivity index (χ2n) is 3.81.